The summed E-state index contributed by atoms with van der Waals surface area (Å²) in [4.78, 5) is 25.9. The number of likely N-dealkylation sites (N-methyl/N-ethyl adjacent to an activating group) is 1. The van der Waals surface area contributed by atoms with Gasteiger partial charge in [-0.15, -0.1) is 0 Å². The fourth-order valence-corrected chi connectivity index (χ4v) is 1.95. The monoisotopic (exact) mass is 316 g/mol. The molecule has 23 heavy (non-hydrogen) atoms. The zero-order valence-corrected chi connectivity index (χ0v) is 14.3. The van der Waals surface area contributed by atoms with Crippen LogP contribution in [0.5, 0.6) is 0 Å². The Morgan fingerprint density at radius 3 is 2.48 bits per heavy atom. The summed E-state index contributed by atoms with van der Waals surface area (Å²) in [6.07, 6.45) is 0. The van der Waals surface area contributed by atoms with Crippen LogP contribution in [0, 0.1) is 11.3 Å². The summed E-state index contributed by atoms with van der Waals surface area (Å²) in [7, 11) is 1.71. The Kier molecular flexibility index (Phi) is 6.28. The SMILES string of the molecule is CC(C(=O)Nc1ccccc1C#N)N(C)CC(=O)NC(C)(C)C. The lowest BCUT2D eigenvalue weighted by Crippen LogP contribution is -2.49. The van der Waals surface area contributed by atoms with Crippen LogP contribution in [-0.4, -0.2) is 41.9 Å². The van der Waals surface area contributed by atoms with Crippen LogP contribution in [0.3, 0.4) is 0 Å². The number of nitrogens with zero attached hydrogens (tertiary/aromatic N) is 2. The average Bonchev–Trinajstić information content (AvgIpc) is 2.44. The summed E-state index contributed by atoms with van der Waals surface area (Å²) in [6.45, 7) is 7.54. The van der Waals surface area contributed by atoms with Gasteiger partial charge in [-0.05, 0) is 46.9 Å². The number of rotatable bonds is 5. The molecule has 1 atom stereocenters. The number of carbonyl (C=O) groups is 2. The molecule has 1 aromatic rings. The van der Waals surface area contributed by atoms with E-state index in [1.807, 2.05) is 26.8 Å². The van der Waals surface area contributed by atoms with Crippen LogP contribution < -0.4 is 10.6 Å². The Bertz CT molecular complexity index is 614. The molecule has 124 valence electrons. The zero-order chi connectivity index (χ0) is 17.6. The van der Waals surface area contributed by atoms with Gasteiger partial charge in [-0.1, -0.05) is 12.1 Å². The molecular weight excluding hydrogens is 292 g/mol. The van der Waals surface area contributed by atoms with Crippen molar-refractivity contribution in [3.8, 4) is 6.07 Å². The first kappa shape index (κ1) is 18.7. The molecule has 2 amide bonds. The van der Waals surface area contributed by atoms with Crippen molar-refractivity contribution in [2.24, 2.45) is 0 Å². The topological polar surface area (TPSA) is 85.2 Å². The summed E-state index contributed by atoms with van der Waals surface area (Å²) in [5.74, 6) is -0.407. The molecule has 6 heteroatoms. The number of amides is 2. The molecule has 1 aromatic carbocycles. The summed E-state index contributed by atoms with van der Waals surface area (Å²) in [5, 5.41) is 14.6. The number of hydrogen-bond donors (Lipinski definition) is 2. The molecule has 0 spiro atoms. The van der Waals surface area contributed by atoms with Gasteiger partial charge in [0.25, 0.3) is 0 Å². The Balaban J connectivity index is 2.66. The second-order valence-corrected chi connectivity index (χ2v) is 6.54. The molecule has 0 saturated heterocycles. The van der Waals surface area contributed by atoms with E-state index in [4.69, 9.17) is 5.26 Å². The minimum absolute atomic E-state index is 0.117. The van der Waals surface area contributed by atoms with Crippen LogP contribution in [0.15, 0.2) is 24.3 Å². The first-order chi connectivity index (χ1) is 10.6. The van der Waals surface area contributed by atoms with Gasteiger partial charge in [-0.3, -0.25) is 14.5 Å². The fourth-order valence-electron chi connectivity index (χ4n) is 1.95. The molecule has 0 aromatic heterocycles. The van der Waals surface area contributed by atoms with Gasteiger partial charge in [-0.2, -0.15) is 5.26 Å². The van der Waals surface area contributed by atoms with E-state index in [1.54, 1.807) is 43.1 Å². The quantitative estimate of drug-likeness (QED) is 0.866. The zero-order valence-electron chi connectivity index (χ0n) is 14.3. The van der Waals surface area contributed by atoms with Crippen molar-refractivity contribution >= 4 is 17.5 Å². The van der Waals surface area contributed by atoms with E-state index in [2.05, 4.69) is 10.6 Å². The van der Waals surface area contributed by atoms with E-state index in [1.165, 1.54) is 0 Å². The Morgan fingerprint density at radius 2 is 1.91 bits per heavy atom. The largest absolute Gasteiger partial charge is 0.350 e. The van der Waals surface area contributed by atoms with E-state index < -0.39 is 6.04 Å². The van der Waals surface area contributed by atoms with Crippen molar-refractivity contribution < 1.29 is 9.59 Å². The maximum Gasteiger partial charge on any atom is 0.241 e. The lowest BCUT2D eigenvalue weighted by atomic mass is 10.1. The van der Waals surface area contributed by atoms with Crippen molar-refractivity contribution in [2.75, 3.05) is 18.9 Å². The Hall–Kier alpha value is -2.39. The van der Waals surface area contributed by atoms with Crippen molar-refractivity contribution in [1.29, 1.82) is 5.26 Å². The van der Waals surface area contributed by atoms with E-state index >= 15 is 0 Å². The molecule has 2 N–H and O–H groups in total. The lowest BCUT2D eigenvalue weighted by Gasteiger charge is -2.26. The van der Waals surface area contributed by atoms with Crippen LogP contribution in [-0.2, 0) is 9.59 Å². The van der Waals surface area contributed by atoms with E-state index in [-0.39, 0.29) is 23.9 Å². The number of nitrogens with one attached hydrogen (secondary N) is 2. The average molecular weight is 316 g/mol. The number of nitriles is 1. The number of hydrogen-bond acceptors (Lipinski definition) is 4. The summed E-state index contributed by atoms with van der Waals surface area (Å²) < 4.78 is 0. The molecule has 0 bridgehead atoms. The van der Waals surface area contributed by atoms with Crippen molar-refractivity contribution in [1.82, 2.24) is 10.2 Å². The summed E-state index contributed by atoms with van der Waals surface area (Å²) in [5.41, 5.74) is 0.565. The van der Waals surface area contributed by atoms with Gasteiger partial charge in [0.2, 0.25) is 11.8 Å². The predicted molar refractivity (Wildman–Crippen MR) is 89.8 cm³/mol. The van der Waals surface area contributed by atoms with Crippen LogP contribution in [0.25, 0.3) is 0 Å². The molecule has 0 saturated carbocycles. The van der Waals surface area contributed by atoms with Gasteiger partial charge >= 0.3 is 0 Å². The molecule has 0 aliphatic carbocycles. The highest BCUT2D eigenvalue weighted by Crippen LogP contribution is 2.14. The minimum Gasteiger partial charge on any atom is -0.350 e. The lowest BCUT2D eigenvalue weighted by molar-refractivity contribution is -0.125. The van der Waals surface area contributed by atoms with Gasteiger partial charge in [0.05, 0.1) is 23.8 Å². The molecule has 6 nitrogen and oxygen atoms in total. The van der Waals surface area contributed by atoms with Gasteiger partial charge in [0.15, 0.2) is 0 Å². The highest BCUT2D eigenvalue weighted by molar-refractivity contribution is 5.96. The van der Waals surface area contributed by atoms with Crippen molar-refractivity contribution in [3.63, 3.8) is 0 Å². The fraction of sp³-hybridized carbons (Fsp3) is 0.471. The molecule has 1 rings (SSSR count). The second kappa shape index (κ2) is 7.75. The van der Waals surface area contributed by atoms with E-state index in [9.17, 15) is 9.59 Å². The Labute approximate surface area is 137 Å². The molecule has 0 aliphatic heterocycles. The van der Waals surface area contributed by atoms with Gasteiger partial charge in [0.1, 0.15) is 6.07 Å². The molecule has 0 heterocycles. The second-order valence-electron chi connectivity index (χ2n) is 6.54. The minimum atomic E-state index is -0.507. The molecule has 0 aliphatic rings. The molecule has 1 unspecified atom stereocenters. The highest BCUT2D eigenvalue weighted by atomic mass is 16.2. The van der Waals surface area contributed by atoms with Gasteiger partial charge in [-0.25, -0.2) is 0 Å². The number of benzene rings is 1. The number of carbonyl (C=O) groups excluding carboxylic acids is 2. The molecular formula is C17H24N4O2. The third kappa shape index (κ3) is 6.09. The summed E-state index contributed by atoms with van der Waals surface area (Å²) in [6, 6.07) is 8.33. The standard InChI is InChI=1S/C17H24N4O2/c1-12(21(5)11-15(22)20-17(2,3)4)16(23)19-14-9-7-6-8-13(14)10-18/h6-9,12H,11H2,1-5H3,(H,19,23)(H,20,22). The third-order valence-electron chi connectivity index (χ3n) is 3.25. The van der Waals surface area contributed by atoms with Crippen molar-refractivity contribution in [3.05, 3.63) is 29.8 Å². The van der Waals surface area contributed by atoms with Crippen LogP contribution in [0.2, 0.25) is 0 Å². The third-order valence-corrected chi connectivity index (χ3v) is 3.25. The number of para-hydroxylation sites is 1. The van der Waals surface area contributed by atoms with Gasteiger partial charge in [0, 0.05) is 5.54 Å². The van der Waals surface area contributed by atoms with Crippen LogP contribution >= 0.6 is 0 Å². The molecule has 0 fully saturated rings. The predicted octanol–water partition coefficient (Wildman–Crippen LogP) is 1.73. The first-order valence-corrected chi connectivity index (χ1v) is 7.45. The highest BCUT2D eigenvalue weighted by Gasteiger charge is 2.22. The van der Waals surface area contributed by atoms with Crippen LogP contribution in [0.1, 0.15) is 33.3 Å². The van der Waals surface area contributed by atoms with E-state index in [0.717, 1.165) is 0 Å². The number of anilines is 1. The molecule has 0 radical (unpaired) electrons. The van der Waals surface area contributed by atoms with Crippen molar-refractivity contribution in [2.45, 2.75) is 39.3 Å². The Morgan fingerprint density at radius 1 is 1.30 bits per heavy atom. The maximum atomic E-state index is 12.3. The normalized spacial score (nSPS) is 12.4. The maximum absolute atomic E-state index is 12.3. The smallest absolute Gasteiger partial charge is 0.241 e. The van der Waals surface area contributed by atoms with Crippen LogP contribution in [0.4, 0.5) is 5.69 Å². The van der Waals surface area contributed by atoms with E-state index in [0.29, 0.717) is 11.3 Å². The first-order valence-electron chi connectivity index (χ1n) is 7.45. The van der Waals surface area contributed by atoms with Gasteiger partial charge < -0.3 is 10.6 Å². The summed E-state index contributed by atoms with van der Waals surface area (Å²) >= 11 is 0.